The van der Waals surface area contributed by atoms with Gasteiger partial charge in [0, 0.05) is 26.2 Å². The maximum Gasteiger partial charge on any atom is 1.00 e. The number of hydrogen-bond donors (Lipinski definition) is 8. The summed E-state index contributed by atoms with van der Waals surface area (Å²) >= 11 is 0. The fourth-order valence-electron chi connectivity index (χ4n) is 9.16. The molecule has 18 nitrogen and oxygen atoms in total. The molecule has 0 amide bonds. The molecule has 4 atom stereocenters. The van der Waals surface area contributed by atoms with E-state index in [1.165, 1.54) is 12.7 Å². The van der Waals surface area contributed by atoms with Gasteiger partial charge in [-0.25, -0.2) is 19.6 Å². The molecule has 22 heteroatoms. The molecule has 4 aliphatic heterocycles. The Bertz CT molecular complexity index is 1950. The second kappa shape index (κ2) is 15.7. The van der Waals surface area contributed by atoms with Crippen molar-refractivity contribution in [2.24, 2.45) is 0 Å². The number of aromatic nitrogens is 6. The van der Waals surface area contributed by atoms with Crippen LogP contribution in [0.1, 0.15) is 79.3 Å². The van der Waals surface area contributed by atoms with Crippen LogP contribution >= 0.6 is 0 Å². The average Bonchev–Trinajstić information content (AvgIpc) is 3.95. The summed E-state index contributed by atoms with van der Waals surface area (Å²) in [5.74, 6) is -0.199. The molecule has 0 bridgehead atoms. The minimum Gasteiger partial charge on any atom is -0.583 e. The van der Waals surface area contributed by atoms with Crippen LogP contribution in [0.2, 0.25) is 11.6 Å². The summed E-state index contributed by atoms with van der Waals surface area (Å²) in [7, 11) is 0. The summed E-state index contributed by atoms with van der Waals surface area (Å²) in [6.45, 7) is -1.16. The van der Waals surface area contributed by atoms with Crippen LogP contribution in [0, 0.1) is 0 Å². The third kappa shape index (κ3) is 7.96. The number of nitrogens with one attached hydrogen (secondary N) is 2. The Hall–Kier alpha value is -2.85. The van der Waals surface area contributed by atoms with E-state index < -0.39 is 25.0 Å². The molecule has 0 spiro atoms. The zero-order valence-electron chi connectivity index (χ0n) is 31.2. The van der Waals surface area contributed by atoms with Gasteiger partial charge in [-0.3, -0.25) is 20.0 Å². The summed E-state index contributed by atoms with van der Waals surface area (Å²) in [4.78, 5) is 36.3. The van der Waals surface area contributed by atoms with E-state index in [0.717, 1.165) is 22.8 Å². The molecule has 8 N–H and O–H groups in total. The van der Waals surface area contributed by atoms with Crippen LogP contribution in [0.5, 0.6) is 11.5 Å². The summed E-state index contributed by atoms with van der Waals surface area (Å²) in [5.41, 5.74) is 3.02. The number of carboxylic acids is 2. The Kier molecular flexibility index (Phi) is 11.6. The van der Waals surface area contributed by atoms with E-state index in [4.69, 9.17) is 9.47 Å². The standard InChI is InChI=1S/2C17H20BN4O5.2Na/c2*23-17(24)16-12-4-18(25,26)13-3-11(13)10(12)1-2-14(16)27-9-5-22(6-9)7-15-19-8-20-21-15;;/h2*1-2,8-9,11,13,25-26H,3-7H2,(H,23,24)(H,19,20,21);;/q2*-1;2*+1/t2*11-,13-;;/m11../s1. The van der Waals surface area contributed by atoms with Crippen LogP contribution in [0.15, 0.2) is 36.9 Å². The average molecular weight is 788 g/mol. The Labute approximate surface area is 364 Å². The van der Waals surface area contributed by atoms with Gasteiger partial charge in [-0.15, -0.1) is 11.6 Å². The van der Waals surface area contributed by atoms with Gasteiger partial charge in [0.05, 0.1) is 13.1 Å². The van der Waals surface area contributed by atoms with Crippen LogP contribution < -0.4 is 68.6 Å². The Morgan fingerprint density at radius 2 is 1.07 bits per heavy atom. The smallest absolute Gasteiger partial charge is 0.583 e. The molecule has 56 heavy (non-hydrogen) atoms. The van der Waals surface area contributed by atoms with Crippen LogP contribution in [-0.2, 0) is 25.7 Å². The number of benzene rings is 2. The quantitative estimate of drug-likeness (QED) is 0.0697. The molecule has 284 valence electrons. The van der Waals surface area contributed by atoms with Gasteiger partial charge in [-0.2, -0.15) is 10.2 Å². The molecular weight excluding hydrogens is 748 g/mol. The third-order valence-corrected chi connectivity index (χ3v) is 12.0. The third-order valence-electron chi connectivity index (χ3n) is 12.0. The molecule has 2 aliphatic carbocycles. The maximum absolute atomic E-state index is 11.9. The van der Waals surface area contributed by atoms with Crippen molar-refractivity contribution in [1.82, 2.24) is 40.2 Å². The number of aromatic amines is 2. The zero-order valence-corrected chi connectivity index (χ0v) is 35.2. The number of hydrogen-bond acceptors (Lipinski definition) is 14. The Morgan fingerprint density at radius 1 is 0.679 bits per heavy atom. The summed E-state index contributed by atoms with van der Waals surface area (Å²) in [5, 5.41) is 73.9. The Morgan fingerprint density at radius 3 is 1.41 bits per heavy atom. The number of rotatable bonds is 10. The number of nitrogens with zero attached hydrogens (tertiary/aromatic N) is 6. The first-order chi connectivity index (χ1) is 25.8. The van der Waals surface area contributed by atoms with E-state index in [1.807, 2.05) is 12.1 Å². The normalized spacial score (nSPS) is 25.1. The van der Waals surface area contributed by atoms with Crippen LogP contribution in [-0.4, -0.2) is 134 Å². The molecular formula is C34H40B2N8Na2O10. The molecule has 0 unspecified atom stereocenters. The first-order valence-corrected chi connectivity index (χ1v) is 18.3. The zero-order chi connectivity index (χ0) is 37.5. The number of likely N-dealkylation sites (tertiary alicyclic amines) is 2. The van der Waals surface area contributed by atoms with E-state index in [0.29, 0.717) is 74.7 Å². The van der Waals surface area contributed by atoms with Gasteiger partial charge < -0.3 is 39.8 Å². The number of carboxylic acid groups (broad SMARTS) is 2. The fraction of sp³-hybridized carbons (Fsp3) is 0.471. The van der Waals surface area contributed by atoms with E-state index in [2.05, 4.69) is 40.2 Å². The van der Waals surface area contributed by atoms with Crippen molar-refractivity contribution in [3.05, 3.63) is 81.9 Å². The van der Waals surface area contributed by atoms with E-state index in [9.17, 15) is 39.9 Å². The van der Waals surface area contributed by atoms with Gasteiger partial charge in [0.2, 0.25) is 13.1 Å². The SMILES string of the molecule is O=C(O)c1c(OC2CN(Cc3ncn[nH]3)C2)ccc2c1C[B-](O)(O)[C@@H]1C[C@H]21.O=C(O)c1c(OC2CN(Cc3ncn[nH]3)C2)ccc2c1C[B-](O)(O)[C@@H]1C[C@H]21.[Na+].[Na+]. The molecule has 2 aromatic heterocycles. The topological polar surface area (TPSA) is 264 Å². The van der Waals surface area contributed by atoms with Crippen molar-refractivity contribution < 1.29 is 108 Å². The number of ether oxygens (including phenoxy) is 2. The minimum atomic E-state index is -2.54. The van der Waals surface area contributed by atoms with Gasteiger partial charge in [-0.05, 0) is 35.1 Å². The van der Waals surface area contributed by atoms with E-state index >= 15 is 0 Å². The molecule has 0 radical (unpaired) electrons. The molecule has 2 saturated heterocycles. The van der Waals surface area contributed by atoms with Gasteiger partial charge in [0.15, 0.2) is 0 Å². The summed E-state index contributed by atoms with van der Waals surface area (Å²) in [6.07, 6.45) is 4.08. The molecule has 6 heterocycles. The molecule has 10 rings (SSSR count). The van der Waals surface area contributed by atoms with Gasteiger partial charge in [0.1, 0.15) is 59.1 Å². The van der Waals surface area contributed by atoms with Crippen molar-refractivity contribution in [2.75, 3.05) is 26.2 Å². The first kappa shape index (κ1) is 41.3. The number of aromatic carboxylic acids is 2. The molecule has 6 aliphatic rings. The van der Waals surface area contributed by atoms with Gasteiger partial charge in [0.25, 0.3) is 0 Å². The number of fused-ring (bicyclic) bond motifs is 6. The van der Waals surface area contributed by atoms with Crippen LogP contribution in [0.3, 0.4) is 0 Å². The fourth-order valence-corrected chi connectivity index (χ4v) is 9.16. The van der Waals surface area contributed by atoms with Gasteiger partial charge >= 0.3 is 71.1 Å². The second-order valence-electron chi connectivity index (χ2n) is 15.8. The maximum atomic E-state index is 11.9. The molecule has 2 saturated carbocycles. The minimum absolute atomic E-state index is 0. The number of H-pyrrole nitrogens is 2. The van der Waals surface area contributed by atoms with Crippen molar-refractivity contribution in [2.45, 2.75) is 74.2 Å². The predicted octanol–water partition coefficient (Wildman–Crippen LogP) is -5.70. The molecule has 4 fully saturated rings. The van der Waals surface area contributed by atoms with E-state index in [1.54, 1.807) is 12.1 Å². The van der Waals surface area contributed by atoms with Gasteiger partial charge in [-0.1, -0.05) is 48.7 Å². The summed E-state index contributed by atoms with van der Waals surface area (Å²) < 4.78 is 11.9. The summed E-state index contributed by atoms with van der Waals surface area (Å²) in [6, 6.07) is 7.20. The first-order valence-electron chi connectivity index (χ1n) is 18.3. The molecule has 4 aromatic rings. The monoisotopic (exact) mass is 788 g/mol. The number of carbonyl (C=O) groups is 2. The van der Waals surface area contributed by atoms with Crippen LogP contribution in [0.25, 0.3) is 0 Å². The van der Waals surface area contributed by atoms with E-state index in [-0.39, 0.29) is 119 Å². The van der Waals surface area contributed by atoms with Crippen molar-refractivity contribution in [1.29, 1.82) is 0 Å². The van der Waals surface area contributed by atoms with Crippen molar-refractivity contribution in [3.8, 4) is 11.5 Å². The second-order valence-corrected chi connectivity index (χ2v) is 15.8. The predicted molar refractivity (Wildman–Crippen MR) is 189 cm³/mol. The largest absolute Gasteiger partial charge is 1.00 e. The van der Waals surface area contributed by atoms with Crippen molar-refractivity contribution in [3.63, 3.8) is 0 Å². The molecule has 2 aromatic carbocycles. The van der Waals surface area contributed by atoms with Crippen molar-refractivity contribution >= 4 is 25.0 Å². The Balaban J connectivity index is 0.000000166. The van der Waals surface area contributed by atoms with Crippen LogP contribution in [0.4, 0.5) is 0 Å².